The van der Waals surface area contributed by atoms with Gasteiger partial charge in [0.05, 0.1) is 11.9 Å². The van der Waals surface area contributed by atoms with Gasteiger partial charge in [0.2, 0.25) is 0 Å². The van der Waals surface area contributed by atoms with Crippen molar-refractivity contribution in [3.63, 3.8) is 0 Å². The second-order valence-electron chi connectivity index (χ2n) is 6.92. The third kappa shape index (κ3) is 3.62. The third-order valence-electron chi connectivity index (χ3n) is 4.86. The van der Waals surface area contributed by atoms with Gasteiger partial charge in [-0.1, -0.05) is 54.1 Å². The zero-order valence-corrected chi connectivity index (χ0v) is 15.9. The van der Waals surface area contributed by atoms with Crippen molar-refractivity contribution in [3.8, 4) is 33.9 Å². The van der Waals surface area contributed by atoms with Crippen LogP contribution in [0.15, 0.2) is 72.9 Å². The number of phenols is 1. The van der Waals surface area contributed by atoms with E-state index in [0.29, 0.717) is 17.9 Å². The van der Waals surface area contributed by atoms with Gasteiger partial charge in [0.1, 0.15) is 18.1 Å². The Balaban J connectivity index is 1.58. The summed E-state index contributed by atoms with van der Waals surface area (Å²) in [5.74, 6) is 0.780. The van der Waals surface area contributed by atoms with E-state index in [0.717, 1.165) is 22.4 Å². The van der Waals surface area contributed by atoms with Crippen molar-refractivity contribution in [3.05, 3.63) is 89.6 Å². The SMILES string of the molecule is Cc1ccc(C)c(COc2ccc(-c3[nH]ncc3-c3ccccc3)c(O)c2)c1. The zero-order chi connectivity index (χ0) is 19.5. The summed E-state index contributed by atoms with van der Waals surface area (Å²) in [7, 11) is 0. The van der Waals surface area contributed by atoms with Crippen LogP contribution in [-0.2, 0) is 6.61 Å². The summed E-state index contributed by atoms with van der Waals surface area (Å²) in [6, 6.07) is 21.7. The fourth-order valence-electron chi connectivity index (χ4n) is 3.26. The number of ether oxygens (including phenoxy) is 1. The molecule has 0 radical (unpaired) electrons. The standard InChI is InChI=1S/C24H22N2O2/c1-16-8-9-17(2)19(12-16)15-28-20-10-11-21(23(27)13-20)24-22(14-25-26-24)18-6-4-3-5-7-18/h3-14,27H,15H2,1-2H3,(H,25,26). The molecule has 0 aliphatic heterocycles. The monoisotopic (exact) mass is 370 g/mol. The van der Waals surface area contributed by atoms with Crippen molar-refractivity contribution in [2.75, 3.05) is 0 Å². The number of aromatic nitrogens is 2. The summed E-state index contributed by atoms with van der Waals surface area (Å²) in [6.07, 6.45) is 1.77. The number of aromatic amines is 1. The average molecular weight is 370 g/mol. The fourth-order valence-corrected chi connectivity index (χ4v) is 3.26. The predicted octanol–water partition coefficient (Wildman–Crippen LogP) is 5.65. The summed E-state index contributed by atoms with van der Waals surface area (Å²) >= 11 is 0. The highest BCUT2D eigenvalue weighted by Gasteiger charge is 2.14. The Kier molecular flexibility index (Phi) is 4.85. The summed E-state index contributed by atoms with van der Waals surface area (Å²) in [5.41, 5.74) is 7.00. The number of rotatable bonds is 5. The molecule has 0 atom stereocenters. The minimum atomic E-state index is 0.153. The largest absolute Gasteiger partial charge is 0.507 e. The van der Waals surface area contributed by atoms with Gasteiger partial charge < -0.3 is 9.84 Å². The summed E-state index contributed by atoms with van der Waals surface area (Å²) in [6.45, 7) is 4.60. The van der Waals surface area contributed by atoms with Crippen LogP contribution in [0.1, 0.15) is 16.7 Å². The number of phenolic OH excluding ortho intramolecular Hbond substituents is 1. The molecule has 4 aromatic rings. The first kappa shape index (κ1) is 17.9. The molecular weight excluding hydrogens is 348 g/mol. The molecule has 0 spiro atoms. The molecule has 1 heterocycles. The Morgan fingerprint density at radius 3 is 2.54 bits per heavy atom. The van der Waals surface area contributed by atoms with E-state index >= 15 is 0 Å². The van der Waals surface area contributed by atoms with Gasteiger partial charge in [0.15, 0.2) is 0 Å². The molecule has 0 saturated heterocycles. The van der Waals surface area contributed by atoms with Gasteiger partial charge in [-0.2, -0.15) is 5.10 Å². The molecule has 0 aliphatic carbocycles. The van der Waals surface area contributed by atoms with Crippen LogP contribution < -0.4 is 4.74 Å². The minimum Gasteiger partial charge on any atom is -0.507 e. The molecular formula is C24H22N2O2. The number of benzene rings is 3. The first-order valence-electron chi connectivity index (χ1n) is 9.23. The second-order valence-corrected chi connectivity index (χ2v) is 6.92. The van der Waals surface area contributed by atoms with Crippen molar-refractivity contribution >= 4 is 0 Å². The number of hydrogen-bond donors (Lipinski definition) is 2. The predicted molar refractivity (Wildman–Crippen MR) is 111 cm³/mol. The lowest BCUT2D eigenvalue weighted by molar-refractivity contribution is 0.303. The van der Waals surface area contributed by atoms with Crippen LogP contribution in [0.4, 0.5) is 0 Å². The van der Waals surface area contributed by atoms with Gasteiger partial charge in [0.25, 0.3) is 0 Å². The molecule has 1 aromatic heterocycles. The molecule has 0 unspecified atom stereocenters. The molecule has 4 heteroatoms. The van der Waals surface area contributed by atoms with E-state index in [1.807, 2.05) is 42.5 Å². The maximum Gasteiger partial charge on any atom is 0.128 e. The van der Waals surface area contributed by atoms with Gasteiger partial charge in [-0.25, -0.2) is 0 Å². The molecule has 0 bridgehead atoms. The van der Waals surface area contributed by atoms with Crippen LogP contribution in [0.3, 0.4) is 0 Å². The molecule has 4 nitrogen and oxygen atoms in total. The van der Waals surface area contributed by atoms with Crippen molar-refractivity contribution in [2.24, 2.45) is 0 Å². The number of aryl methyl sites for hydroxylation is 2. The zero-order valence-electron chi connectivity index (χ0n) is 15.9. The normalized spacial score (nSPS) is 10.8. The Morgan fingerprint density at radius 1 is 0.929 bits per heavy atom. The van der Waals surface area contributed by atoms with Crippen LogP contribution in [0.5, 0.6) is 11.5 Å². The van der Waals surface area contributed by atoms with E-state index in [-0.39, 0.29) is 5.75 Å². The number of nitrogens with one attached hydrogen (secondary N) is 1. The maximum absolute atomic E-state index is 10.6. The highest BCUT2D eigenvalue weighted by atomic mass is 16.5. The van der Waals surface area contributed by atoms with Crippen LogP contribution >= 0.6 is 0 Å². The van der Waals surface area contributed by atoms with Gasteiger partial charge in [-0.3, -0.25) is 5.10 Å². The van der Waals surface area contributed by atoms with Crippen molar-refractivity contribution in [1.29, 1.82) is 0 Å². The third-order valence-corrected chi connectivity index (χ3v) is 4.86. The van der Waals surface area contributed by atoms with Crippen LogP contribution in [-0.4, -0.2) is 15.3 Å². The van der Waals surface area contributed by atoms with E-state index in [1.165, 1.54) is 11.1 Å². The van der Waals surface area contributed by atoms with Crippen LogP contribution in [0, 0.1) is 13.8 Å². The molecule has 3 aromatic carbocycles. The van der Waals surface area contributed by atoms with Crippen molar-refractivity contribution in [1.82, 2.24) is 10.2 Å². The van der Waals surface area contributed by atoms with E-state index < -0.39 is 0 Å². The Labute approximate surface area is 164 Å². The molecule has 0 saturated carbocycles. The lowest BCUT2D eigenvalue weighted by atomic mass is 10.0. The smallest absolute Gasteiger partial charge is 0.128 e. The molecule has 0 aliphatic rings. The Hall–Kier alpha value is -3.53. The highest BCUT2D eigenvalue weighted by Crippen LogP contribution is 2.37. The van der Waals surface area contributed by atoms with E-state index in [4.69, 9.17) is 4.74 Å². The van der Waals surface area contributed by atoms with Crippen molar-refractivity contribution in [2.45, 2.75) is 20.5 Å². The summed E-state index contributed by atoms with van der Waals surface area (Å²) in [5, 5.41) is 17.8. The lowest BCUT2D eigenvalue weighted by Gasteiger charge is -2.12. The van der Waals surface area contributed by atoms with E-state index in [1.54, 1.807) is 12.3 Å². The number of nitrogens with zero attached hydrogens (tertiary/aromatic N) is 1. The Bertz CT molecular complexity index is 1100. The minimum absolute atomic E-state index is 0.153. The molecule has 140 valence electrons. The van der Waals surface area contributed by atoms with Gasteiger partial charge in [-0.15, -0.1) is 0 Å². The topological polar surface area (TPSA) is 58.1 Å². The first-order chi connectivity index (χ1) is 13.6. The lowest BCUT2D eigenvalue weighted by Crippen LogP contribution is -1.98. The molecule has 28 heavy (non-hydrogen) atoms. The summed E-state index contributed by atoms with van der Waals surface area (Å²) < 4.78 is 5.91. The number of hydrogen-bond acceptors (Lipinski definition) is 3. The van der Waals surface area contributed by atoms with Crippen molar-refractivity contribution < 1.29 is 9.84 Å². The Morgan fingerprint density at radius 2 is 1.75 bits per heavy atom. The van der Waals surface area contributed by atoms with Gasteiger partial charge in [-0.05, 0) is 42.7 Å². The number of H-pyrrole nitrogens is 1. The van der Waals surface area contributed by atoms with Crippen LogP contribution in [0.2, 0.25) is 0 Å². The van der Waals surface area contributed by atoms with E-state index in [2.05, 4.69) is 42.2 Å². The van der Waals surface area contributed by atoms with Crippen LogP contribution in [0.25, 0.3) is 22.4 Å². The molecule has 0 fully saturated rings. The second kappa shape index (κ2) is 7.61. The number of aromatic hydroxyl groups is 1. The first-order valence-corrected chi connectivity index (χ1v) is 9.23. The fraction of sp³-hybridized carbons (Fsp3) is 0.125. The quantitative estimate of drug-likeness (QED) is 0.477. The molecule has 0 amide bonds. The van der Waals surface area contributed by atoms with Gasteiger partial charge in [0, 0.05) is 17.2 Å². The van der Waals surface area contributed by atoms with Gasteiger partial charge >= 0.3 is 0 Å². The molecule has 2 N–H and O–H groups in total. The molecule has 4 rings (SSSR count). The van der Waals surface area contributed by atoms with E-state index in [9.17, 15) is 5.11 Å². The maximum atomic E-state index is 10.6. The highest BCUT2D eigenvalue weighted by molar-refractivity contribution is 5.83. The summed E-state index contributed by atoms with van der Waals surface area (Å²) in [4.78, 5) is 0. The average Bonchev–Trinajstić information content (AvgIpc) is 3.19.